The number of halogens is 5. The summed E-state index contributed by atoms with van der Waals surface area (Å²) >= 11 is 1.35. The maximum absolute atomic E-state index is 12.9. The molecule has 0 radical (unpaired) electrons. The molecule has 0 saturated carbocycles. The fourth-order valence-electron chi connectivity index (χ4n) is 4.25. The van der Waals surface area contributed by atoms with Crippen LogP contribution < -0.4 is 21.1 Å². The first-order valence-electron chi connectivity index (χ1n) is 12.5. The number of carbonyl (C=O) groups excluding carboxylic acids is 3. The van der Waals surface area contributed by atoms with Crippen LogP contribution in [0.2, 0.25) is 0 Å². The monoisotopic (exact) mass is 625 g/mol. The molecule has 2 aromatic rings. The number of hydrogen-bond donors (Lipinski definition) is 4. The second-order valence-corrected chi connectivity index (χ2v) is 13.9. The zero-order chi connectivity index (χ0) is 30.7. The van der Waals surface area contributed by atoms with E-state index in [0.29, 0.717) is 18.5 Å². The predicted molar refractivity (Wildman–Crippen MR) is 147 cm³/mol. The van der Waals surface area contributed by atoms with Gasteiger partial charge in [0.1, 0.15) is 22.5 Å². The van der Waals surface area contributed by atoms with Gasteiger partial charge in [-0.05, 0) is 48.6 Å². The van der Waals surface area contributed by atoms with Gasteiger partial charge in [0.05, 0.1) is 19.7 Å². The zero-order valence-corrected chi connectivity index (χ0v) is 24.0. The molecule has 0 aliphatic carbocycles. The summed E-state index contributed by atoms with van der Waals surface area (Å²) in [6, 6.07) is 3.03. The lowest BCUT2D eigenvalue weighted by Crippen LogP contribution is -2.48. The SMILES string of the molecule is CC1(C)C[C@@H](C(=O)NCc2cc(C(=N)N)cs2)N(C(=O)CNC(=O)CCCOc2ccc(S(F)(F)(F)(F)F)cc2)C1. The van der Waals surface area contributed by atoms with Crippen molar-refractivity contribution in [1.82, 2.24) is 15.5 Å². The Hall–Kier alpha value is -3.40. The van der Waals surface area contributed by atoms with E-state index in [1.54, 1.807) is 11.4 Å². The summed E-state index contributed by atoms with van der Waals surface area (Å²) in [5.74, 6) is -1.38. The number of benzene rings is 1. The summed E-state index contributed by atoms with van der Waals surface area (Å²) in [5.41, 5.74) is 5.71. The number of thiophene rings is 1. The average Bonchev–Trinajstić information content (AvgIpc) is 3.47. The number of nitrogens with two attached hydrogens (primary N) is 1. The van der Waals surface area contributed by atoms with Crippen LogP contribution in [0.5, 0.6) is 5.75 Å². The molecule has 1 fully saturated rings. The van der Waals surface area contributed by atoms with Gasteiger partial charge >= 0.3 is 10.2 Å². The normalized spacial score (nSPS) is 18.2. The number of nitrogens with zero attached hydrogens (tertiary/aromatic N) is 1. The minimum atomic E-state index is -9.76. The third kappa shape index (κ3) is 9.31. The predicted octanol–water partition coefficient (Wildman–Crippen LogP) is 4.91. The molecule has 1 aromatic carbocycles. The quantitative estimate of drug-likeness (QED) is 0.115. The van der Waals surface area contributed by atoms with Crippen molar-refractivity contribution in [3.05, 3.63) is 46.2 Å². The Morgan fingerprint density at radius 3 is 2.39 bits per heavy atom. The third-order valence-electron chi connectivity index (χ3n) is 6.27. The van der Waals surface area contributed by atoms with Gasteiger partial charge < -0.3 is 26.0 Å². The second-order valence-electron chi connectivity index (χ2n) is 10.5. The van der Waals surface area contributed by atoms with Crippen molar-refractivity contribution in [3.63, 3.8) is 0 Å². The first-order valence-corrected chi connectivity index (χ1v) is 15.3. The lowest BCUT2D eigenvalue weighted by molar-refractivity contribution is -0.138. The Bertz CT molecular complexity index is 1320. The Kier molecular flexibility index (Phi) is 8.71. The average molecular weight is 626 g/mol. The van der Waals surface area contributed by atoms with Crippen LogP contribution in [0.4, 0.5) is 19.4 Å². The van der Waals surface area contributed by atoms with Crippen LogP contribution in [-0.2, 0) is 20.9 Å². The highest BCUT2D eigenvalue weighted by atomic mass is 32.5. The number of carbonyl (C=O) groups is 3. The molecule has 1 atom stereocenters. The van der Waals surface area contributed by atoms with Crippen LogP contribution in [-0.4, -0.2) is 54.2 Å². The highest BCUT2D eigenvalue weighted by Gasteiger charge is 2.65. The number of likely N-dealkylation sites (tertiary alicyclic amines) is 1. The summed E-state index contributed by atoms with van der Waals surface area (Å²) < 4.78 is 69.1. The van der Waals surface area contributed by atoms with E-state index < -0.39 is 33.0 Å². The van der Waals surface area contributed by atoms with Crippen molar-refractivity contribution < 1.29 is 38.5 Å². The minimum Gasteiger partial charge on any atom is -0.494 e. The molecule has 41 heavy (non-hydrogen) atoms. The molecule has 3 rings (SSSR count). The van der Waals surface area contributed by atoms with E-state index in [9.17, 15) is 33.8 Å². The molecule has 0 bridgehead atoms. The van der Waals surface area contributed by atoms with E-state index >= 15 is 0 Å². The first kappa shape index (κ1) is 32.1. The summed E-state index contributed by atoms with van der Waals surface area (Å²) in [4.78, 5) is 38.3. The van der Waals surface area contributed by atoms with Crippen LogP contribution in [0.15, 0.2) is 40.6 Å². The number of amidine groups is 1. The fraction of sp³-hybridized carbons (Fsp3) is 0.440. The first-order chi connectivity index (χ1) is 18.7. The van der Waals surface area contributed by atoms with E-state index in [-0.39, 0.29) is 67.6 Å². The van der Waals surface area contributed by atoms with Crippen molar-refractivity contribution in [3.8, 4) is 5.75 Å². The van der Waals surface area contributed by atoms with E-state index in [4.69, 9.17) is 15.9 Å². The van der Waals surface area contributed by atoms with Gasteiger partial charge in [-0.25, -0.2) is 0 Å². The smallest absolute Gasteiger partial charge is 0.310 e. The van der Waals surface area contributed by atoms with Gasteiger partial charge in [0, 0.05) is 28.8 Å². The number of hydrogen-bond acceptors (Lipinski definition) is 6. The zero-order valence-electron chi connectivity index (χ0n) is 22.4. The van der Waals surface area contributed by atoms with Crippen LogP contribution in [0.3, 0.4) is 0 Å². The molecule has 1 aliphatic heterocycles. The number of rotatable bonds is 12. The van der Waals surface area contributed by atoms with Gasteiger partial charge in [-0.2, -0.15) is 0 Å². The second kappa shape index (κ2) is 11.1. The van der Waals surface area contributed by atoms with Crippen molar-refractivity contribution in [2.75, 3.05) is 19.7 Å². The standard InChI is InChI=1S/C25H32F5N5O4S2/c1-25(2)11-20(24(38)34-12-18-10-16(14-40-18)23(31)32)35(15-25)22(37)13-33-21(36)4-3-9-39-17-5-7-19(8-6-17)41(26,27,28,29)30/h5-8,10,14,20H,3-4,9,11-13,15H2,1-2H3,(H3,31,32)(H,33,36)(H,34,38)/t20-/m0/s1. The van der Waals surface area contributed by atoms with Crippen molar-refractivity contribution >= 4 is 45.1 Å². The lowest BCUT2D eigenvalue weighted by Gasteiger charge is -2.40. The van der Waals surface area contributed by atoms with E-state index in [2.05, 4.69) is 10.6 Å². The molecule has 1 aromatic heterocycles. The molecule has 5 N–H and O–H groups in total. The molecule has 16 heteroatoms. The molecule has 3 amide bonds. The van der Waals surface area contributed by atoms with Crippen molar-refractivity contribution in [2.24, 2.45) is 11.1 Å². The summed E-state index contributed by atoms with van der Waals surface area (Å²) in [6.07, 6.45) is 0.524. The minimum absolute atomic E-state index is 0.0602. The largest absolute Gasteiger partial charge is 0.494 e. The fourth-order valence-corrected chi connectivity index (χ4v) is 5.73. The van der Waals surface area contributed by atoms with Gasteiger partial charge in [-0.1, -0.05) is 33.3 Å². The molecule has 1 saturated heterocycles. The third-order valence-corrected chi connectivity index (χ3v) is 8.37. The van der Waals surface area contributed by atoms with Gasteiger partial charge in [0.25, 0.3) is 0 Å². The Morgan fingerprint density at radius 2 is 1.80 bits per heavy atom. The maximum atomic E-state index is 12.9. The molecule has 228 valence electrons. The van der Waals surface area contributed by atoms with Gasteiger partial charge in [0.2, 0.25) is 17.7 Å². The molecule has 1 aliphatic rings. The topological polar surface area (TPSA) is 138 Å². The number of ether oxygens (including phenoxy) is 1. The van der Waals surface area contributed by atoms with E-state index in [0.717, 1.165) is 17.0 Å². The number of amides is 3. The Balaban J connectivity index is 1.43. The highest BCUT2D eigenvalue weighted by molar-refractivity contribution is 8.45. The van der Waals surface area contributed by atoms with Crippen LogP contribution in [0.1, 0.15) is 43.6 Å². The molecule has 2 heterocycles. The highest BCUT2D eigenvalue weighted by Crippen LogP contribution is 3.02. The number of nitrogens with one attached hydrogen (secondary N) is 3. The van der Waals surface area contributed by atoms with Gasteiger partial charge in [-0.15, -0.1) is 11.3 Å². The molecular formula is C25H32F5N5O4S2. The van der Waals surface area contributed by atoms with Crippen LogP contribution in [0, 0.1) is 10.8 Å². The molecule has 9 nitrogen and oxygen atoms in total. The van der Waals surface area contributed by atoms with Gasteiger partial charge in [-0.3, -0.25) is 19.8 Å². The van der Waals surface area contributed by atoms with E-state index in [1.165, 1.54) is 16.2 Å². The molecule has 0 unspecified atom stereocenters. The maximum Gasteiger partial charge on any atom is 0.310 e. The van der Waals surface area contributed by atoms with Crippen molar-refractivity contribution in [1.29, 1.82) is 5.41 Å². The summed E-state index contributed by atoms with van der Waals surface area (Å²) in [7, 11) is -9.76. The number of nitrogen functional groups attached to an aromatic ring is 1. The van der Waals surface area contributed by atoms with Crippen molar-refractivity contribution in [2.45, 2.75) is 50.6 Å². The van der Waals surface area contributed by atoms with E-state index in [1.807, 2.05) is 13.8 Å². The van der Waals surface area contributed by atoms with Crippen LogP contribution >= 0.6 is 21.6 Å². The summed E-state index contributed by atoms with van der Waals surface area (Å²) in [5, 5.41) is 14.5. The molecular weight excluding hydrogens is 593 g/mol. The Morgan fingerprint density at radius 1 is 1.15 bits per heavy atom. The van der Waals surface area contributed by atoms with Crippen LogP contribution in [0.25, 0.3) is 0 Å². The summed E-state index contributed by atoms with van der Waals surface area (Å²) in [6.45, 7) is 4.00. The van der Waals surface area contributed by atoms with Gasteiger partial charge in [0.15, 0.2) is 0 Å². The molecule has 0 spiro atoms. The lowest BCUT2D eigenvalue weighted by atomic mass is 9.90. The Labute approximate surface area is 237 Å².